The Hall–Kier alpha value is -2.47. The summed E-state index contributed by atoms with van der Waals surface area (Å²) in [5.41, 5.74) is 3.18. The van der Waals surface area contributed by atoms with E-state index < -0.39 is 0 Å². The highest BCUT2D eigenvalue weighted by atomic mass is 19.1. The molecule has 5 nitrogen and oxygen atoms in total. The molecule has 1 aromatic carbocycles. The highest BCUT2D eigenvalue weighted by molar-refractivity contribution is 6.01. The Morgan fingerprint density at radius 2 is 1.91 bits per heavy atom. The fourth-order valence-electron chi connectivity index (χ4n) is 3.55. The average Bonchev–Trinajstić information content (AvgIpc) is 2.83. The van der Waals surface area contributed by atoms with Crippen LogP contribution >= 0.6 is 0 Å². The van der Waals surface area contributed by atoms with Gasteiger partial charge in [0.05, 0.1) is 11.4 Å². The lowest BCUT2D eigenvalue weighted by Crippen LogP contribution is -2.33. The van der Waals surface area contributed by atoms with Crippen molar-refractivity contribution in [1.29, 1.82) is 0 Å². The minimum Gasteiger partial charge on any atom is -0.340 e. The van der Waals surface area contributed by atoms with E-state index in [1.54, 1.807) is 18.2 Å². The number of nitrogens with one attached hydrogen (secondary N) is 3. The number of hydrogen-bond acceptors (Lipinski definition) is 4. The summed E-state index contributed by atoms with van der Waals surface area (Å²) in [5.74, 6) is 2.15. The van der Waals surface area contributed by atoms with Gasteiger partial charge in [-0.3, -0.25) is 4.79 Å². The average molecular weight is 459 g/mol. The Morgan fingerprint density at radius 1 is 1.24 bits per heavy atom. The molecular formula is C27H43FN4O. The zero-order valence-corrected chi connectivity index (χ0v) is 21.5. The maximum atomic E-state index is 13.0. The number of hydrogen-bond donors (Lipinski definition) is 3. The van der Waals surface area contributed by atoms with Crippen molar-refractivity contribution in [3.8, 4) is 0 Å². The van der Waals surface area contributed by atoms with Gasteiger partial charge >= 0.3 is 0 Å². The van der Waals surface area contributed by atoms with Crippen molar-refractivity contribution in [2.24, 2.45) is 16.8 Å². The van der Waals surface area contributed by atoms with Gasteiger partial charge in [0.15, 0.2) is 0 Å². The van der Waals surface area contributed by atoms with Crippen molar-refractivity contribution in [3.05, 3.63) is 53.2 Å². The van der Waals surface area contributed by atoms with Crippen molar-refractivity contribution in [2.45, 2.75) is 74.1 Å². The molecule has 2 atom stereocenters. The number of piperidine rings is 1. The molecule has 1 heterocycles. The molecule has 6 heteroatoms. The van der Waals surface area contributed by atoms with Crippen molar-refractivity contribution >= 4 is 17.3 Å². The zero-order valence-electron chi connectivity index (χ0n) is 21.5. The maximum absolute atomic E-state index is 13.0. The second-order valence-corrected chi connectivity index (χ2v) is 8.69. The van der Waals surface area contributed by atoms with Crippen LogP contribution in [0.4, 0.5) is 10.1 Å². The van der Waals surface area contributed by atoms with Crippen molar-refractivity contribution in [2.75, 3.05) is 18.4 Å². The Bertz CT molecular complexity index is 821. The second kappa shape index (κ2) is 15.4. The quantitative estimate of drug-likeness (QED) is 0.394. The molecule has 1 aliphatic heterocycles. The molecule has 1 aromatic rings. The Kier molecular flexibility index (Phi) is 13.3. The first-order valence-corrected chi connectivity index (χ1v) is 12.1. The second-order valence-electron chi connectivity index (χ2n) is 8.69. The first kappa shape index (κ1) is 28.6. The lowest BCUT2D eigenvalue weighted by atomic mass is 9.86. The largest absolute Gasteiger partial charge is 0.340 e. The molecule has 2 rings (SSSR count). The van der Waals surface area contributed by atoms with Gasteiger partial charge in [-0.05, 0) is 94.8 Å². The number of allylic oxidation sites excluding steroid dienone is 3. The van der Waals surface area contributed by atoms with Gasteiger partial charge in [-0.2, -0.15) is 0 Å². The molecule has 0 bridgehead atoms. The van der Waals surface area contributed by atoms with Crippen LogP contribution in [0, 0.1) is 17.7 Å². The third kappa shape index (κ3) is 10.8. The predicted octanol–water partition coefficient (Wildman–Crippen LogP) is 6.41. The van der Waals surface area contributed by atoms with Gasteiger partial charge in [-0.25, -0.2) is 9.38 Å². The molecular weight excluding hydrogens is 415 g/mol. The molecule has 0 radical (unpaired) electrons. The highest BCUT2D eigenvalue weighted by Crippen LogP contribution is 2.21. The molecule has 2 unspecified atom stereocenters. The minimum atomic E-state index is -0.283. The summed E-state index contributed by atoms with van der Waals surface area (Å²) in [6.45, 7) is 16.3. The van der Waals surface area contributed by atoms with E-state index in [0.717, 1.165) is 29.5 Å². The molecule has 33 heavy (non-hydrogen) atoms. The fourth-order valence-corrected chi connectivity index (χ4v) is 3.55. The van der Waals surface area contributed by atoms with Crippen molar-refractivity contribution in [1.82, 2.24) is 10.6 Å². The number of aliphatic imine (C=N–C) groups is 1. The summed E-state index contributed by atoms with van der Waals surface area (Å²) in [7, 11) is 0. The number of halogens is 1. The summed E-state index contributed by atoms with van der Waals surface area (Å²) in [6, 6.07) is 6.11. The van der Waals surface area contributed by atoms with Crippen LogP contribution in [0.25, 0.3) is 0 Å². The lowest BCUT2D eigenvalue weighted by Gasteiger charge is -2.27. The summed E-state index contributed by atoms with van der Waals surface area (Å²) in [4.78, 5) is 15.8. The predicted molar refractivity (Wildman–Crippen MR) is 139 cm³/mol. The smallest absolute Gasteiger partial charge is 0.221 e. The maximum Gasteiger partial charge on any atom is 0.221 e. The first-order valence-electron chi connectivity index (χ1n) is 12.1. The van der Waals surface area contributed by atoms with Gasteiger partial charge in [0, 0.05) is 12.6 Å². The molecule has 0 aliphatic carbocycles. The molecule has 1 amide bonds. The number of benzene rings is 1. The van der Waals surface area contributed by atoms with Gasteiger partial charge in [0.25, 0.3) is 0 Å². The van der Waals surface area contributed by atoms with E-state index in [0.29, 0.717) is 17.2 Å². The van der Waals surface area contributed by atoms with Gasteiger partial charge in [0.1, 0.15) is 11.6 Å². The monoisotopic (exact) mass is 458 g/mol. The number of amides is 1. The van der Waals surface area contributed by atoms with Gasteiger partial charge in [-0.1, -0.05) is 33.3 Å². The third-order valence-corrected chi connectivity index (χ3v) is 6.09. The lowest BCUT2D eigenvalue weighted by molar-refractivity contribution is -0.118. The van der Waals surface area contributed by atoms with E-state index in [4.69, 9.17) is 0 Å². The molecule has 1 saturated heterocycles. The van der Waals surface area contributed by atoms with Gasteiger partial charge < -0.3 is 16.0 Å². The summed E-state index contributed by atoms with van der Waals surface area (Å²) in [5, 5.41) is 9.41. The van der Waals surface area contributed by atoms with E-state index in [2.05, 4.69) is 34.8 Å². The van der Waals surface area contributed by atoms with E-state index in [9.17, 15) is 9.18 Å². The highest BCUT2D eigenvalue weighted by Gasteiger charge is 2.17. The van der Waals surface area contributed by atoms with Crippen LogP contribution in [0.2, 0.25) is 0 Å². The summed E-state index contributed by atoms with van der Waals surface area (Å²) >= 11 is 0. The molecule has 0 aromatic heterocycles. The fraction of sp³-hybridized carbons (Fsp3) is 0.556. The molecule has 0 saturated carbocycles. The summed E-state index contributed by atoms with van der Waals surface area (Å²) in [6.07, 6.45) is 6.80. The van der Waals surface area contributed by atoms with Crippen LogP contribution in [-0.4, -0.2) is 24.7 Å². The van der Waals surface area contributed by atoms with Crippen molar-refractivity contribution < 1.29 is 9.18 Å². The van der Waals surface area contributed by atoms with E-state index >= 15 is 0 Å². The van der Waals surface area contributed by atoms with E-state index in [1.165, 1.54) is 51.4 Å². The molecule has 184 valence electrons. The van der Waals surface area contributed by atoms with E-state index in [-0.39, 0.29) is 11.7 Å². The SMILES string of the molecule is CCC(C)C1CCCNC1.C\C=C(NC(C)=O)/C(C)=N\C(Nc1ccc(F)cc1)=C(/C)CC. The molecule has 1 fully saturated rings. The van der Waals surface area contributed by atoms with Gasteiger partial charge in [0.2, 0.25) is 5.91 Å². The zero-order chi connectivity index (χ0) is 24.8. The van der Waals surface area contributed by atoms with Crippen LogP contribution in [0.5, 0.6) is 0 Å². The number of carbonyl (C=O) groups is 1. The van der Waals surface area contributed by atoms with Gasteiger partial charge in [-0.15, -0.1) is 0 Å². The van der Waals surface area contributed by atoms with Crippen LogP contribution in [0.3, 0.4) is 0 Å². The standard InChI is InChI=1S/C18H24FN3O.C9H19N/c1-6-12(3)18(22-16-10-8-15(19)9-11-16)20-13(4)17(7-2)21-14(5)23;1-3-8(2)9-5-4-6-10-7-9/h7-11,22H,6H2,1-5H3,(H,21,23);8-10H,3-7H2,1-2H3/b17-7+,18-12-,20-13-;. The van der Waals surface area contributed by atoms with Crippen molar-refractivity contribution in [3.63, 3.8) is 0 Å². The third-order valence-electron chi connectivity index (χ3n) is 6.09. The Balaban J connectivity index is 0.000000451. The number of carbonyl (C=O) groups excluding carboxylic acids is 1. The number of nitrogens with zero attached hydrogens (tertiary/aromatic N) is 1. The Labute approximate surface area is 200 Å². The molecule has 0 spiro atoms. The topological polar surface area (TPSA) is 65.5 Å². The minimum absolute atomic E-state index is 0.142. The van der Waals surface area contributed by atoms with Crippen LogP contribution in [-0.2, 0) is 4.79 Å². The van der Waals surface area contributed by atoms with E-state index in [1.807, 2.05) is 27.7 Å². The molecule has 1 aliphatic rings. The Morgan fingerprint density at radius 3 is 2.39 bits per heavy atom. The number of anilines is 1. The number of rotatable bonds is 8. The van der Waals surface area contributed by atoms with Crippen LogP contribution < -0.4 is 16.0 Å². The summed E-state index contributed by atoms with van der Waals surface area (Å²) < 4.78 is 13.0. The molecule has 3 N–H and O–H groups in total. The first-order chi connectivity index (χ1) is 15.7. The van der Waals surface area contributed by atoms with Crippen LogP contribution in [0.1, 0.15) is 74.1 Å². The van der Waals surface area contributed by atoms with Crippen LogP contribution in [0.15, 0.2) is 52.4 Å². The normalized spacial score (nSPS) is 18.5.